The SMILES string of the molecule is CC(=O)CC1CCCN1c1ccc(Oc2ccccc2Cc2ccccc2)cc1.CCOc1ccccc1Oc1ccc(N2CCCC2CC(C)=O)cc1. The first-order valence-corrected chi connectivity index (χ1v) is 19.3. The number of hydrogen-bond donors (Lipinski definition) is 0. The second kappa shape index (κ2) is 19.0. The van der Waals surface area contributed by atoms with E-state index in [1.165, 1.54) is 16.8 Å². The van der Waals surface area contributed by atoms with Crippen LogP contribution in [0.3, 0.4) is 0 Å². The average Bonchev–Trinajstić information content (AvgIpc) is 3.84. The van der Waals surface area contributed by atoms with Crippen molar-refractivity contribution in [2.24, 2.45) is 0 Å². The molecule has 0 amide bonds. The number of ketones is 2. The van der Waals surface area contributed by atoms with Crippen LogP contribution in [0.15, 0.2) is 127 Å². The van der Waals surface area contributed by atoms with E-state index in [2.05, 4.69) is 70.5 Å². The Morgan fingerprint density at radius 2 is 1.04 bits per heavy atom. The highest BCUT2D eigenvalue weighted by molar-refractivity contribution is 5.77. The van der Waals surface area contributed by atoms with Crippen molar-refractivity contribution in [2.45, 2.75) is 77.8 Å². The van der Waals surface area contributed by atoms with Gasteiger partial charge in [0.25, 0.3) is 0 Å². The number of carbonyl (C=O) groups is 2. The van der Waals surface area contributed by atoms with Gasteiger partial charge in [-0.15, -0.1) is 0 Å². The summed E-state index contributed by atoms with van der Waals surface area (Å²) in [5, 5.41) is 0. The first kappa shape index (κ1) is 38.2. The van der Waals surface area contributed by atoms with E-state index in [9.17, 15) is 9.59 Å². The molecule has 2 unspecified atom stereocenters. The van der Waals surface area contributed by atoms with E-state index in [1.807, 2.05) is 73.7 Å². The Bertz CT molecular complexity index is 1940. The first-order valence-electron chi connectivity index (χ1n) is 19.3. The molecule has 7 rings (SSSR count). The van der Waals surface area contributed by atoms with Crippen LogP contribution in [0.5, 0.6) is 28.7 Å². The summed E-state index contributed by atoms with van der Waals surface area (Å²) < 4.78 is 17.8. The topological polar surface area (TPSA) is 68.3 Å². The maximum absolute atomic E-state index is 11.6. The lowest BCUT2D eigenvalue weighted by Gasteiger charge is -2.26. The first-order chi connectivity index (χ1) is 26.4. The van der Waals surface area contributed by atoms with Crippen molar-refractivity contribution in [3.05, 3.63) is 139 Å². The average molecular weight is 725 g/mol. The van der Waals surface area contributed by atoms with Gasteiger partial charge >= 0.3 is 0 Å². The van der Waals surface area contributed by atoms with Gasteiger partial charge in [0.1, 0.15) is 28.8 Å². The fourth-order valence-corrected chi connectivity index (χ4v) is 7.48. The number of Topliss-reactive ketones (excluding diaryl/α,β-unsaturated/α-hetero) is 2. The molecular formula is C47H52N2O5. The van der Waals surface area contributed by atoms with Gasteiger partial charge in [0, 0.05) is 55.8 Å². The largest absolute Gasteiger partial charge is 0.490 e. The molecule has 2 heterocycles. The fourth-order valence-electron chi connectivity index (χ4n) is 7.48. The van der Waals surface area contributed by atoms with Gasteiger partial charge in [0.05, 0.1) is 6.61 Å². The Labute approximate surface area is 320 Å². The second-order valence-corrected chi connectivity index (χ2v) is 14.1. The maximum Gasteiger partial charge on any atom is 0.169 e. The Hall–Kier alpha value is -5.56. The normalized spacial score (nSPS) is 16.4. The summed E-state index contributed by atoms with van der Waals surface area (Å²) in [6.07, 6.45) is 6.55. The lowest BCUT2D eigenvalue weighted by molar-refractivity contribution is -0.118. The number of para-hydroxylation sites is 3. The molecule has 0 aromatic heterocycles. The van der Waals surface area contributed by atoms with E-state index in [0.717, 1.165) is 73.9 Å². The lowest BCUT2D eigenvalue weighted by atomic mass is 10.0. The van der Waals surface area contributed by atoms with Crippen LogP contribution in [0.25, 0.3) is 0 Å². The number of carbonyl (C=O) groups excluding carboxylic acids is 2. The van der Waals surface area contributed by atoms with Crippen LogP contribution in [-0.4, -0.2) is 43.3 Å². The van der Waals surface area contributed by atoms with Crippen LogP contribution >= 0.6 is 0 Å². The third-order valence-corrected chi connectivity index (χ3v) is 9.95. The van der Waals surface area contributed by atoms with Crippen LogP contribution in [0.2, 0.25) is 0 Å². The zero-order valence-electron chi connectivity index (χ0n) is 31.8. The number of hydrogen-bond acceptors (Lipinski definition) is 7. The monoisotopic (exact) mass is 724 g/mol. The molecule has 5 aromatic rings. The third kappa shape index (κ3) is 10.5. The number of rotatable bonds is 14. The smallest absolute Gasteiger partial charge is 0.169 e. The van der Waals surface area contributed by atoms with E-state index in [4.69, 9.17) is 14.2 Å². The van der Waals surface area contributed by atoms with Crippen LogP contribution in [0.4, 0.5) is 11.4 Å². The van der Waals surface area contributed by atoms with Crippen LogP contribution in [-0.2, 0) is 16.0 Å². The van der Waals surface area contributed by atoms with Gasteiger partial charge in [-0.05, 0) is 124 Å². The Morgan fingerprint density at radius 1 is 0.574 bits per heavy atom. The van der Waals surface area contributed by atoms with E-state index < -0.39 is 0 Å². The minimum atomic E-state index is 0.254. The molecular weight excluding hydrogens is 673 g/mol. The van der Waals surface area contributed by atoms with Gasteiger partial charge in [-0.2, -0.15) is 0 Å². The third-order valence-electron chi connectivity index (χ3n) is 9.95. The van der Waals surface area contributed by atoms with Gasteiger partial charge in [-0.3, -0.25) is 9.59 Å². The van der Waals surface area contributed by atoms with Crippen molar-refractivity contribution < 1.29 is 23.8 Å². The summed E-state index contributed by atoms with van der Waals surface area (Å²) in [4.78, 5) is 27.7. The predicted octanol–water partition coefficient (Wildman–Crippen LogP) is 10.8. The van der Waals surface area contributed by atoms with E-state index >= 15 is 0 Å². The van der Waals surface area contributed by atoms with Gasteiger partial charge in [0.15, 0.2) is 11.5 Å². The van der Waals surface area contributed by atoms with E-state index in [-0.39, 0.29) is 11.6 Å². The number of benzene rings is 5. The summed E-state index contributed by atoms with van der Waals surface area (Å²) in [7, 11) is 0. The van der Waals surface area contributed by atoms with Crippen molar-refractivity contribution >= 4 is 22.9 Å². The minimum Gasteiger partial charge on any atom is -0.490 e. The van der Waals surface area contributed by atoms with Gasteiger partial charge in [0.2, 0.25) is 0 Å². The zero-order valence-corrected chi connectivity index (χ0v) is 31.8. The molecule has 2 aliphatic rings. The maximum atomic E-state index is 11.6. The highest BCUT2D eigenvalue weighted by Crippen LogP contribution is 2.35. The molecule has 2 aliphatic heterocycles. The molecule has 5 aromatic carbocycles. The van der Waals surface area contributed by atoms with Gasteiger partial charge in [-0.1, -0.05) is 60.7 Å². The molecule has 280 valence electrons. The molecule has 0 spiro atoms. The number of anilines is 2. The Morgan fingerprint density at radius 3 is 1.56 bits per heavy atom. The Balaban J connectivity index is 0.000000186. The highest BCUT2D eigenvalue weighted by Gasteiger charge is 2.27. The van der Waals surface area contributed by atoms with Gasteiger partial charge < -0.3 is 24.0 Å². The number of ether oxygens (including phenoxy) is 3. The van der Waals surface area contributed by atoms with Crippen molar-refractivity contribution in [3.8, 4) is 28.7 Å². The van der Waals surface area contributed by atoms with E-state index in [1.54, 1.807) is 13.8 Å². The van der Waals surface area contributed by atoms with Crippen molar-refractivity contribution in [1.29, 1.82) is 0 Å². The molecule has 7 nitrogen and oxygen atoms in total. The lowest BCUT2D eigenvalue weighted by Crippen LogP contribution is -2.30. The standard InChI is InChI=1S/C26H27NO2.C21H25NO3/c1-20(28)18-24-11-7-17-27(24)23-13-15-25(16-14-23)29-26-12-6-5-10-22(26)19-21-8-3-2-4-9-21;1-3-24-20-8-4-5-9-21(20)25-19-12-10-17(11-13-19)22-14-6-7-18(22)15-16(2)23/h2-6,8-10,12-16,24H,7,11,17-19H2,1H3;4-5,8-13,18H,3,6-7,14-15H2,1-2H3. The van der Waals surface area contributed by atoms with Crippen molar-refractivity contribution in [1.82, 2.24) is 0 Å². The van der Waals surface area contributed by atoms with Crippen molar-refractivity contribution in [3.63, 3.8) is 0 Å². The molecule has 0 radical (unpaired) electrons. The summed E-state index contributed by atoms with van der Waals surface area (Å²) in [5.74, 6) is 4.47. The minimum absolute atomic E-state index is 0.254. The van der Waals surface area contributed by atoms with Crippen molar-refractivity contribution in [2.75, 3.05) is 29.5 Å². The molecule has 0 saturated carbocycles. The van der Waals surface area contributed by atoms with Crippen LogP contribution < -0.4 is 24.0 Å². The summed E-state index contributed by atoms with van der Waals surface area (Å²) in [6.45, 7) is 7.93. The Kier molecular flexibility index (Phi) is 13.4. The molecule has 2 fully saturated rings. The highest BCUT2D eigenvalue weighted by atomic mass is 16.5. The molecule has 7 heteroatoms. The van der Waals surface area contributed by atoms with E-state index in [0.29, 0.717) is 37.3 Å². The summed E-state index contributed by atoms with van der Waals surface area (Å²) in [6, 6.07) is 43.3. The van der Waals surface area contributed by atoms with Crippen LogP contribution in [0.1, 0.15) is 70.4 Å². The molecule has 54 heavy (non-hydrogen) atoms. The fraction of sp³-hybridized carbons (Fsp3) is 0.319. The van der Waals surface area contributed by atoms with Gasteiger partial charge in [-0.25, -0.2) is 0 Å². The molecule has 0 aliphatic carbocycles. The predicted molar refractivity (Wildman–Crippen MR) is 218 cm³/mol. The number of nitrogens with zero attached hydrogens (tertiary/aromatic N) is 2. The summed E-state index contributed by atoms with van der Waals surface area (Å²) in [5.41, 5.74) is 4.75. The zero-order chi connectivity index (χ0) is 37.7. The summed E-state index contributed by atoms with van der Waals surface area (Å²) >= 11 is 0. The molecule has 0 N–H and O–H groups in total. The second-order valence-electron chi connectivity index (χ2n) is 14.1. The van der Waals surface area contributed by atoms with Crippen LogP contribution in [0, 0.1) is 0 Å². The quantitative estimate of drug-likeness (QED) is 0.113. The molecule has 2 saturated heterocycles. The molecule has 2 atom stereocenters. The molecule has 0 bridgehead atoms.